The van der Waals surface area contributed by atoms with Gasteiger partial charge in [0, 0.05) is 5.56 Å². The quantitative estimate of drug-likeness (QED) is 0.747. The van der Waals surface area contributed by atoms with Crippen molar-refractivity contribution in [3.63, 3.8) is 0 Å². The van der Waals surface area contributed by atoms with E-state index in [1.807, 2.05) is 0 Å². The molecular weight excluding hydrogens is 278 g/mol. The van der Waals surface area contributed by atoms with Crippen molar-refractivity contribution in [2.75, 3.05) is 0 Å². The zero-order chi connectivity index (χ0) is 14.3. The van der Waals surface area contributed by atoms with Gasteiger partial charge in [-0.15, -0.1) is 10.2 Å². The molecule has 0 aliphatic carbocycles. The first-order valence-corrected chi connectivity index (χ1v) is 4.76. The second-order valence-electron chi connectivity index (χ2n) is 3.49. The molecule has 102 valence electrons. The van der Waals surface area contributed by atoms with Crippen LogP contribution in [0.4, 0.5) is 26.3 Å². The third-order valence-corrected chi connectivity index (χ3v) is 2.10. The van der Waals surface area contributed by atoms with Crippen LogP contribution in [0.5, 0.6) is 0 Å². The summed E-state index contributed by atoms with van der Waals surface area (Å²) in [4.78, 5) is 0. The molecule has 0 bridgehead atoms. The Morgan fingerprint density at radius 3 is 2.11 bits per heavy atom. The van der Waals surface area contributed by atoms with Crippen molar-refractivity contribution in [3.8, 4) is 11.5 Å². The van der Waals surface area contributed by atoms with Crippen LogP contribution in [-0.2, 0) is 12.4 Å². The summed E-state index contributed by atoms with van der Waals surface area (Å²) in [7, 11) is 0. The molecule has 1 aromatic heterocycles. The maximum Gasteiger partial charge on any atom is 0.470 e. The normalized spacial score (nSPS) is 12.7. The van der Waals surface area contributed by atoms with Gasteiger partial charge in [-0.3, -0.25) is 0 Å². The maximum atomic E-state index is 12.4. The van der Waals surface area contributed by atoms with E-state index in [9.17, 15) is 26.3 Å². The molecule has 1 aromatic carbocycles. The Labute approximate surface area is 101 Å². The summed E-state index contributed by atoms with van der Waals surface area (Å²) in [6.45, 7) is 0. The molecule has 1 heterocycles. The predicted molar refractivity (Wildman–Crippen MR) is 49.7 cm³/mol. The highest BCUT2D eigenvalue weighted by Gasteiger charge is 2.38. The Balaban J connectivity index is 2.40. The monoisotopic (exact) mass is 282 g/mol. The molecule has 0 saturated heterocycles. The second-order valence-corrected chi connectivity index (χ2v) is 3.49. The van der Waals surface area contributed by atoms with Crippen LogP contribution in [0.15, 0.2) is 28.7 Å². The minimum Gasteiger partial charge on any atom is -0.413 e. The molecule has 0 aliphatic rings. The highest BCUT2D eigenvalue weighted by Crippen LogP contribution is 2.33. The molecule has 19 heavy (non-hydrogen) atoms. The van der Waals surface area contributed by atoms with Gasteiger partial charge < -0.3 is 4.42 Å². The molecule has 0 N–H and O–H groups in total. The number of nitrogens with zero attached hydrogens (tertiary/aromatic N) is 2. The van der Waals surface area contributed by atoms with Crippen LogP contribution in [-0.4, -0.2) is 10.2 Å². The molecule has 0 saturated carbocycles. The molecule has 9 heteroatoms. The van der Waals surface area contributed by atoms with E-state index in [1.165, 1.54) is 0 Å². The number of aromatic nitrogens is 2. The predicted octanol–water partition coefficient (Wildman–Crippen LogP) is 3.77. The third kappa shape index (κ3) is 2.85. The topological polar surface area (TPSA) is 38.9 Å². The number of benzene rings is 1. The van der Waals surface area contributed by atoms with Gasteiger partial charge >= 0.3 is 18.2 Å². The molecule has 2 aromatic rings. The average Bonchev–Trinajstić information content (AvgIpc) is 2.77. The van der Waals surface area contributed by atoms with E-state index < -0.39 is 29.7 Å². The molecule has 3 nitrogen and oxygen atoms in total. The van der Waals surface area contributed by atoms with Crippen molar-refractivity contribution < 1.29 is 30.8 Å². The van der Waals surface area contributed by atoms with Gasteiger partial charge in [0.1, 0.15) is 0 Å². The first-order chi connectivity index (χ1) is 8.68. The largest absolute Gasteiger partial charge is 0.470 e. The first-order valence-electron chi connectivity index (χ1n) is 4.76. The zero-order valence-electron chi connectivity index (χ0n) is 8.88. The van der Waals surface area contributed by atoms with Gasteiger partial charge in [-0.1, -0.05) is 6.07 Å². The van der Waals surface area contributed by atoms with Gasteiger partial charge in [-0.05, 0) is 18.2 Å². The molecule has 2 rings (SSSR count). The number of hydrogen-bond donors (Lipinski definition) is 0. The Bertz CT molecular complexity index is 586. The lowest BCUT2D eigenvalue weighted by molar-refractivity contribution is -0.157. The number of hydrogen-bond acceptors (Lipinski definition) is 3. The highest BCUT2D eigenvalue weighted by atomic mass is 19.4. The van der Waals surface area contributed by atoms with Crippen molar-refractivity contribution in [1.82, 2.24) is 10.2 Å². The Morgan fingerprint density at radius 1 is 0.895 bits per heavy atom. The SMILES string of the molecule is FC(F)(F)c1cccc(-c2nnc(C(F)(F)F)o2)c1. The van der Waals surface area contributed by atoms with Crippen molar-refractivity contribution in [2.24, 2.45) is 0 Å². The van der Waals surface area contributed by atoms with Crippen LogP contribution in [0, 0.1) is 0 Å². The van der Waals surface area contributed by atoms with Crippen molar-refractivity contribution >= 4 is 0 Å². The molecule has 0 spiro atoms. The van der Waals surface area contributed by atoms with E-state index >= 15 is 0 Å². The van der Waals surface area contributed by atoms with Crippen LogP contribution in [0.1, 0.15) is 11.5 Å². The second kappa shape index (κ2) is 4.25. The fourth-order valence-electron chi connectivity index (χ4n) is 1.28. The number of rotatable bonds is 1. The van der Waals surface area contributed by atoms with E-state index in [2.05, 4.69) is 14.6 Å². The first kappa shape index (κ1) is 13.4. The summed E-state index contributed by atoms with van der Waals surface area (Å²) in [5.74, 6) is -2.24. The number of alkyl halides is 6. The summed E-state index contributed by atoms with van der Waals surface area (Å²) in [6, 6.07) is 3.59. The standard InChI is InChI=1S/C10H4F6N2O/c11-9(12,13)6-3-1-2-5(4-6)7-17-18-8(19-7)10(14,15)16/h1-4H. The number of halogens is 6. The fraction of sp³-hybridized carbons (Fsp3) is 0.200. The van der Waals surface area contributed by atoms with Crippen molar-refractivity contribution in [1.29, 1.82) is 0 Å². The van der Waals surface area contributed by atoms with Crippen LogP contribution in [0.3, 0.4) is 0 Å². The van der Waals surface area contributed by atoms with E-state index in [0.29, 0.717) is 6.07 Å². The lowest BCUT2D eigenvalue weighted by atomic mass is 10.1. The lowest BCUT2D eigenvalue weighted by Crippen LogP contribution is -2.04. The minimum atomic E-state index is -4.84. The Morgan fingerprint density at radius 2 is 1.58 bits per heavy atom. The highest BCUT2D eigenvalue weighted by molar-refractivity contribution is 5.54. The summed E-state index contributed by atoms with van der Waals surface area (Å²) >= 11 is 0. The molecule has 0 amide bonds. The van der Waals surface area contributed by atoms with Gasteiger partial charge in [-0.2, -0.15) is 26.3 Å². The van der Waals surface area contributed by atoms with Crippen molar-refractivity contribution in [3.05, 3.63) is 35.7 Å². The van der Waals surface area contributed by atoms with E-state index in [0.717, 1.165) is 18.2 Å². The summed E-state index contributed by atoms with van der Waals surface area (Å²) < 4.78 is 78.2. The molecule has 0 aliphatic heterocycles. The summed E-state index contributed by atoms with van der Waals surface area (Å²) in [6.07, 6.45) is -9.45. The molecular formula is C10H4F6N2O. The van der Waals surface area contributed by atoms with Gasteiger partial charge in [0.2, 0.25) is 5.89 Å². The average molecular weight is 282 g/mol. The van der Waals surface area contributed by atoms with Crippen LogP contribution in [0.25, 0.3) is 11.5 Å². The summed E-state index contributed by atoms with van der Waals surface area (Å²) in [5, 5.41) is 5.80. The smallest absolute Gasteiger partial charge is 0.413 e. The van der Waals surface area contributed by atoms with Gasteiger partial charge in [0.25, 0.3) is 0 Å². The lowest BCUT2D eigenvalue weighted by Gasteiger charge is -2.06. The molecule has 0 unspecified atom stereocenters. The maximum absolute atomic E-state index is 12.4. The van der Waals surface area contributed by atoms with E-state index in [-0.39, 0.29) is 5.56 Å². The fourth-order valence-corrected chi connectivity index (χ4v) is 1.28. The van der Waals surface area contributed by atoms with Crippen LogP contribution in [0.2, 0.25) is 0 Å². The van der Waals surface area contributed by atoms with Gasteiger partial charge in [-0.25, -0.2) is 0 Å². The van der Waals surface area contributed by atoms with Crippen molar-refractivity contribution in [2.45, 2.75) is 12.4 Å². The van der Waals surface area contributed by atoms with Crippen LogP contribution >= 0.6 is 0 Å². The Hall–Kier alpha value is -2.06. The van der Waals surface area contributed by atoms with Gasteiger partial charge in [0.15, 0.2) is 0 Å². The van der Waals surface area contributed by atoms with E-state index in [4.69, 9.17) is 0 Å². The molecule has 0 atom stereocenters. The van der Waals surface area contributed by atoms with E-state index in [1.54, 1.807) is 0 Å². The Kier molecular flexibility index (Phi) is 2.99. The third-order valence-electron chi connectivity index (χ3n) is 2.10. The minimum absolute atomic E-state index is 0.238. The summed E-state index contributed by atoms with van der Waals surface area (Å²) in [5.41, 5.74) is -1.26. The van der Waals surface area contributed by atoms with Gasteiger partial charge in [0.05, 0.1) is 5.56 Å². The molecule has 0 radical (unpaired) electrons. The molecule has 0 fully saturated rings. The zero-order valence-corrected chi connectivity index (χ0v) is 8.88. The van der Waals surface area contributed by atoms with Crippen LogP contribution < -0.4 is 0 Å².